The molecule has 0 bridgehead atoms. The molecule has 0 saturated carbocycles. The Hall–Kier alpha value is -2.50. The molecule has 0 aliphatic heterocycles. The zero-order chi connectivity index (χ0) is 16.4. The lowest BCUT2D eigenvalue weighted by molar-refractivity contribution is -0.145. The number of methoxy groups -OCH3 is 1. The Balaban J connectivity index is 0.000000541. The van der Waals surface area contributed by atoms with Crippen LogP contribution < -0.4 is 11.5 Å². The summed E-state index contributed by atoms with van der Waals surface area (Å²) in [6.07, 6.45) is 0.653. The molecule has 2 rings (SSSR count). The number of hydrogen-bond donors (Lipinski definition) is 2. The van der Waals surface area contributed by atoms with Gasteiger partial charge in [-0.15, -0.1) is 0 Å². The Morgan fingerprint density at radius 1 is 1.05 bits per heavy atom. The van der Waals surface area contributed by atoms with E-state index in [1.807, 2.05) is 60.7 Å². The first-order valence-electron chi connectivity index (χ1n) is 6.73. The van der Waals surface area contributed by atoms with Crippen LogP contribution in [0.25, 0.3) is 0 Å². The van der Waals surface area contributed by atoms with Crippen LogP contribution in [0.2, 0.25) is 0 Å². The van der Waals surface area contributed by atoms with Gasteiger partial charge in [-0.25, -0.2) is 4.79 Å². The summed E-state index contributed by atoms with van der Waals surface area (Å²) in [7, 11) is 1.34. The van der Waals surface area contributed by atoms with Crippen LogP contribution in [0.1, 0.15) is 11.1 Å². The number of rotatable bonds is 4. The summed E-state index contributed by atoms with van der Waals surface area (Å²) in [5.74, 6) is -0.472. The lowest BCUT2D eigenvalue weighted by atomic mass is 9.84. The predicted octanol–water partition coefficient (Wildman–Crippen LogP) is 1.21. The summed E-state index contributed by atoms with van der Waals surface area (Å²) in [6.45, 7) is 0.139. The maximum Gasteiger partial charge on any atom is 0.335 e. The number of nitrogens with two attached hydrogens (primary N) is 2. The first kappa shape index (κ1) is 17.6. The fourth-order valence-corrected chi connectivity index (χ4v) is 1.97. The molecule has 5 nitrogen and oxygen atoms in total. The lowest BCUT2D eigenvalue weighted by Gasteiger charge is -2.27. The highest BCUT2D eigenvalue weighted by molar-refractivity contribution is 5.86. The van der Waals surface area contributed by atoms with Crippen LogP contribution in [0.5, 0.6) is 0 Å². The van der Waals surface area contributed by atoms with Gasteiger partial charge in [-0.3, -0.25) is 0 Å². The fraction of sp³-hybridized carbons (Fsp3) is 0.176. The van der Waals surface area contributed by atoms with Gasteiger partial charge in [-0.2, -0.15) is 0 Å². The van der Waals surface area contributed by atoms with Crippen molar-refractivity contribution < 1.29 is 14.3 Å². The minimum atomic E-state index is -1.27. The van der Waals surface area contributed by atoms with Gasteiger partial charge < -0.3 is 21.0 Å². The van der Waals surface area contributed by atoms with Gasteiger partial charge in [0.25, 0.3) is 0 Å². The zero-order valence-electron chi connectivity index (χ0n) is 12.4. The van der Waals surface area contributed by atoms with Crippen LogP contribution in [0, 0.1) is 0 Å². The lowest BCUT2D eigenvalue weighted by Crippen LogP contribution is -2.46. The van der Waals surface area contributed by atoms with E-state index in [0.717, 1.165) is 0 Å². The van der Waals surface area contributed by atoms with Gasteiger partial charge >= 0.3 is 5.97 Å². The van der Waals surface area contributed by atoms with Crippen molar-refractivity contribution in [2.45, 2.75) is 5.54 Å². The summed E-state index contributed by atoms with van der Waals surface area (Å²) in [5.41, 5.74) is 11.1. The van der Waals surface area contributed by atoms with E-state index in [-0.39, 0.29) is 6.54 Å². The van der Waals surface area contributed by atoms with E-state index in [0.29, 0.717) is 17.4 Å². The van der Waals surface area contributed by atoms with Gasteiger partial charge in [0, 0.05) is 6.54 Å². The van der Waals surface area contributed by atoms with Crippen molar-refractivity contribution in [1.29, 1.82) is 0 Å². The molecule has 0 unspecified atom stereocenters. The van der Waals surface area contributed by atoms with Gasteiger partial charge in [-0.05, 0) is 11.1 Å². The maximum atomic E-state index is 12.1. The number of aldehydes is 1. The SMILES string of the molecule is COC(=O)C(N)(c1ccccc1)c1ccccc1.NCC=O. The number of carbonyl (C=O) groups excluding carboxylic acids is 2. The highest BCUT2D eigenvalue weighted by Crippen LogP contribution is 2.28. The molecule has 4 N–H and O–H groups in total. The van der Waals surface area contributed by atoms with Gasteiger partial charge in [0.05, 0.1) is 7.11 Å². The first-order chi connectivity index (χ1) is 10.6. The van der Waals surface area contributed by atoms with E-state index in [1.165, 1.54) is 7.11 Å². The van der Waals surface area contributed by atoms with Crippen LogP contribution in [-0.4, -0.2) is 25.9 Å². The molecule has 0 aliphatic carbocycles. The van der Waals surface area contributed by atoms with E-state index < -0.39 is 11.5 Å². The first-order valence-corrected chi connectivity index (χ1v) is 6.73. The van der Waals surface area contributed by atoms with E-state index in [4.69, 9.17) is 15.3 Å². The highest BCUT2D eigenvalue weighted by atomic mass is 16.5. The third-order valence-electron chi connectivity index (χ3n) is 3.06. The van der Waals surface area contributed by atoms with Crippen LogP contribution in [-0.2, 0) is 19.9 Å². The molecule has 0 fully saturated rings. The quantitative estimate of drug-likeness (QED) is 0.653. The molecule has 2 aromatic rings. The number of hydrogen-bond acceptors (Lipinski definition) is 5. The average Bonchev–Trinajstić information content (AvgIpc) is 2.62. The minimum absolute atomic E-state index is 0.139. The third kappa shape index (κ3) is 4.00. The van der Waals surface area contributed by atoms with Gasteiger partial charge in [0.15, 0.2) is 5.54 Å². The Morgan fingerprint density at radius 2 is 1.41 bits per heavy atom. The second kappa shape index (κ2) is 8.71. The zero-order valence-corrected chi connectivity index (χ0v) is 12.4. The predicted molar refractivity (Wildman–Crippen MR) is 85.0 cm³/mol. The van der Waals surface area contributed by atoms with Crippen molar-refractivity contribution in [3.63, 3.8) is 0 Å². The van der Waals surface area contributed by atoms with E-state index in [9.17, 15) is 4.79 Å². The Labute approximate surface area is 129 Å². The number of carbonyl (C=O) groups is 2. The molecule has 0 heterocycles. The van der Waals surface area contributed by atoms with Crippen LogP contribution in [0.3, 0.4) is 0 Å². The molecule has 22 heavy (non-hydrogen) atoms. The maximum absolute atomic E-state index is 12.1. The largest absolute Gasteiger partial charge is 0.467 e. The Bertz CT molecular complexity index is 546. The van der Waals surface area contributed by atoms with Gasteiger partial charge in [0.2, 0.25) is 0 Å². The molecule has 116 valence electrons. The van der Waals surface area contributed by atoms with Crippen LogP contribution in [0.4, 0.5) is 0 Å². The molecule has 0 aromatic heterocycles. The molecule has 0 saturated heterocycles. The molecule has 0 amide bonds. The summed E-state index contributed by atoms with van der Waals surface area (Å²) >= 11 is 0. The van der Waals surface area contributed by atoms with E-state index >= 15 is 0 Å². The van der Waals surface area contributed by atoms with Crippen molar-refractivity contribution >= 4 is 12.3 Å². The summed E-state index contributed by atoms with van der Waals surface area (Å²) in [4.78, 5) is 21.1. The number of esters is 1. The molecule has 0 radical (unpaired) electrons. The smallest absolute Gasteiger partial charge is 0.335 e. The topological polar surface area (TPSA) is 95.4 Å². The monoisotopic (exact) mass is 300 g/mol. The highest BCUT2D eigenvalue weighted by Gasteiger charge is 2.38. The molecule has 0 aliphatic rings. The van der Waals surface area contributed by atoms with Crippen molar-refractivity contribution in [2.75, 3.05) is 13.7 Å². The van der Waals surface area contributed by atoms with E-state index in [2.05, 4.69) is 5.73 Å². The number of benzene rings is 2. The molecule has 0 spiro atoms. The second-order valence-electron chi connectivity index (χ2n) is 4.43. The van der Waals surface area contributed by atoms with Crippen LogP contribution >= 0.6 is 0 Å². The number of ether oxygens (including phenoxy) is 1. The van der Waals surface area contributed by atoms with Crippen molar-refractivity contribution in [3.8, 4) is 0 Å². The van der Waals surface area contributed by atoms with Gasteiger partial charge in [0.1, 0.15) is 6.29 Å². The van der Waals surface area contributed by atoms with Gasteiger partial charge in [-0.1, -0.05) is 60.7 Å². The molecule has 5 heteroatoms. The van der Waals surface area contributed by atoms with Crippen LogP contribution in [0.15, 0.2) is 60.7 Å². The molecular weight excluding hydrogens is 280 g/mol. The van der Waals surface area contributed by atoms with Crippen molar-refractivity contribution in [2.24, 2.45) is 11.5 Å². The molecule has 2 aromatic carbocycles. The standard InChI is InChI=1S/C15H15NO2.C2H5NO/c1-18-14(17)15(16,12-8-4-2-5-9-12)13-10-6-3-7-11-13;3-1-2-4/h2-11H,16H2,1H3;2H,1,3H2. The molecule has 0 atom stereocenters. The third-order valence-corrected chi connectivity index (χ3v) is 3.06. The Morgan fingerprint density at radius 3 is 1.68 bits per heavy atom. The molecular formula is C17H20N2O3. The Kier molecular flexibility index (Phi) is 6.95. The summed E-state index contributed by atoms with van der Waals surface area (Å²) in [5, 5.41) is 0. The normalized spacial score (nSPS) is 10.1. The minimum Gasteiger partial charge on any atom is -0.467 e. The summed E-state index contributed by atoms with van der Waals surface area (Å²) < 4.78 is 4.86. The fourth-order valence-electron chi connectivity index (χ4n) is 1.97. The second-order valence-corrected chi connectivity index (χ2v) is 4.43. The summed E-state index contributed by atoms with van der Waals surface area (Å²) in [6, 6.07) is 18.5. The van der Waals surface area contributed by atoms with Crippen molar-refractivity contribution in [3.05, 3.63) is 71.8 Å². The van der Waals surface area contributed by atoms with Crippen molar-refractivity contribution in [1.82, 2.24) is 0 Å². The van der Waals surface area contributed by atoms with E-state index in [1.54, 1.807) is 0 Å². The average molecular weight is 300 g/mol.